The van der Waals surface area contributed by atoms with Gasteiger partial charge in [0.15, 0.2) is 10.1 Å². The molecule has 11 heteroatoms. The first kappa shape index (κ1) is 15.7. The van der Waals surface area contributed by atoms with Gasteiger partial charge in [-0.05, 0) is 13.8 Å². The van der Waals surface area contributed by atoms with Gasteiger partial charge in [-0.15, -0.1) is 11.3 Å². The minimum Gasteiger partial charge on any atom is -0.372 e. The monoisotopic (exact) mass is 348 g/mol. The summed E-state index contributed by atoms with van der Waals surface area (Å²) in [5, 5.41) is 14.2. The molecule has 0 saturated heterocycles. The normalized spacial score (nSPS) is 11.3. The molecule has 0 aliphatic heterocycles. The fourth-order valence-corrected chi connectivity index (χ4v) is 4.78. The van der Waals surface area contributed by atoms with Crippen molar-refractivity contribution in [3.05, 3.63) is 27.3 Å². The highest BCUT2D eigenvalue weighted by Crippen LogP contribution is 2.37. The van der Waals surface area contributed by atoms with Crippen molar-refractivity contribution < 1.29 is 13.3 Å². The maximum absolute atomic E-state index is 12.2. The lowest BCUT2D eigenvalue weighted by Crippen LogP contribution is -2.11. The maximum atomic E-state index is 12.2. The maximum Gasteiger partial charge on any atom is 0.304 e. The third-order valence-corrected chi connectivity index (χ3v) is 6.18. The molecule has 21 heavy (non-hydrogen) atoms. The smallest absolute Gasteiger partial charge is 0.304 e. The summed E-state index contributed by atoms with van der Waals surface area (Å²) in [6.07, 6.45) is 1.55. The summed E-state index contributed by atoms with van der Waals surface area (Å²) in [6, 6.07) is 1.05. The zero-order chi connectivity index (χ0) is 15.6. The quantitative estimate of drug-likeness (QED) is 0.613. The summed E-state index contributed by atoms with van der Waals surface area (Å²) < 4.78 is 26.6. The minimum atomic E-state index is -3.88. The fraction of sp³-hybridized carbons (Fsp3) is 0.300. The number of nitro groups is 1. The van der Waals surface area contributed by atoms with Gasteiger partial charge in [-0.2, -0.15) is 0 Å². The molecule has 0 saturated carbocycles. The van der Waals surface area contributed by atoms with Crippen molar-refractivity contribution in [1.29, 1.82) is 0 Å². The number of rotatable bonds is 6. The van der Waals surface area contributed by atoms with E-state index in [1.54, 1.807) is 20.0 Å². The van der Waals surface area contributed by atoms with Crippen LogP contribution in [-0.4, -0.2) is 24.9 Å². The fourth-order valence-electron chi connectivity index (χ4n) is 1.48. The van der Waals surface area contributed by atoms with Crippen LogP contribution in [0.2, 0.25) is 0 Å². The second-order valence-electron chi connectivity index (χ2n) is 3.95. The number of anilines is 2. The van der Waals surface area contributed by atoms with Gasteiger partial charge in [-0.3, -0.25) is 14.8 Å². The van der Waals surface area contributed by atoms with Gasteiger partial charge in [-0.1, -0.05) is 11.3 Å². The van der Waals surface area contributed by atoms with Gasteiger partial charge in [0.1, 0.15) is 4.21 Å². The molecule has 0 aliphatic carbocycles. The molecule has 0 atom stereocenters. The van der Waals surface area contributed by atoms with E-state index in [1.807, 2.05) is 0 Å². The van der Waals surface area contributed by atoms with Crippen LogP contribution in [-0.2, 0) is 10.0 Å². The highest BCUT2D eigenvalue weighted by Gasteiger charge is 2.26. The molecule has 0 fully saturated rings. The molecule has 0 amide bonds. The summed E-state index contributed by atoms with van der Waals surface area (Å²) in [5.41, 5.74) is -0.252. The van der Waals surface area contributed by atoms with Gasteiger partial charge >= 0.3 is 5.69 Å². The van der Waals surface area contributed by atoms with E-state index >= 15 is 0 Å². The summed E-state index contributed by atoms with van der Waals surface area (Å²) in [6.45, 7) is 4.03. The molecular weight excluding hydrogens is 336 g/mol. The Labute approximate surface area is 129 Å². The Morgan fingerprint density at radius 3 is 2.67 bits per heavy atom. The van der Waals surface area contributed by atoms with Crippen LogP contribution < -0.4 is 10.0 Å². The molecular formula is C10H12N4O4S3. The Kier molecular flexibility index (Phi) is 4.44. The summed E-state index contributed by atoms with van der Waals surface area (Å²) in [5.74, 6) is 0. The molecule has 114 valence electrons. The van der Waals surface area contributed by atoms with Crippen LogP contribution in [0.3, 0.4) is 0 Å². The minimum absolute atomic E-state index is 0.127. The van der Waals surface area contributed by atoms with Gasteiger partial charge in [0.25, 0.3) is 10.0 Å². The number of thiophene rings is 1. The highest BCUT2D eigenvalue weighted by atomic mass is 32.2. The molecule has 0 aliphatic rings. The number of hydrogen-bond acceptors (Lipinski definition) is 8. The van der Waals surface area contributed by atoms with Crippen molar-refractivity contribution in [1.82, 2.24) is 4.98 Å². The first-order valence-corrected chi connectivity index (χ1v) is 8.92. The zero-order valence-corrected chi connectivity index (χ0v) is 13.6. The van der Waals surface area contributed by atoms with Crippen molar-refractivity contribution >= 4 is 48.5 Å². The van der Waals surface area contributed by atoms with E-state index < -0.39 is 14.9 Å². The molecule has 0 aromatic carbocycles. The van der Waals surface area contributed by atoms with Crippen molar-refractivity contribution in [2.75, 3.05) is 16.6 Å². The number of hydrogen-bond donors (Lipinski definition) is 2. The number of aromatic nitrogens is 1. The van der Waals surface area contributed by atoms with Gasteiger partial charge in [-0.25, -0.2) is 13.4 Å². The standard InChI is InChI=1S/C10H12N4O4S3/c1-3-11-9-7(14(15)16)4-8(20-9)21(17,18)13-10-12-5-6(2)19-10/h4-5,11H,3H2,1-2H3,(H,12,13). The van der Waals surface area contributed by atoms with E-state index in [9.17, 15) is 18.5 Å². The topological polar surface area (TPSA) is 114 Å². The van der Waals surface area contributed by atoms with Crippen LogP contribution in [0.25, 0.3) is 0 Å². The van der Waals surface area contributed by atoms with Crippen LogP contribution in [0.5, 0.6) is 0 Å². The van der Waals surface area contributed by atoms with Crippen LogP contribution >= 0.6 is 22.7 Å². The molecule has 2 aromatic rings. The molecule has 2 N–H and O–H groups in total. The van der Waals surface area contributed by atoms with E-state index in [1.165, 1.54) is 11.3 Å². The highest BCUT2D eigenvalue weighted by molar-refractivity contribution is 7.95. The third-order valence-electron chi connectivity index (χ3n) is 2.33. The summed E-state index contributed by atoms with van der Waals surface area (Å²) in [7, 11) is -3.88. The van der Waals surface area contributed by atoms with E-state index in [4.69, 9.17) is 0 Å². The second kappa shape index (κ2) is 5.95. The number of aryl methyl sites for hydroxylation is 1. The van der Waals surface area contributed by atoms with Crippen LogP contribution in [0.15, 0.2) is 16.5 Å². The average Bonchev–Trinajstić information content (AvgIpc) is 2.96. The van der Waals surface area contributed by atoms with Crippen molar-refractivity contribution in [2.45, 2.75) is 18.1 Å². The van der Waals surface area contributed by atoms with Gasteiger partial charge in [0.05, 0.1) is 4.92 Å². The summed E-state index contributed by atoms with van der Waals surface area (Å²) in [4.78, 5) is 15.1. The van der Waals surface area contributed by atoms with E-state index in [-0.39, 0.29) is 20.0 Å². The number of sulfonamides is 1. The van der Waals surface area contributed by atoms with E-state index in [0.29, 0.717) is 6.54 Å². The van der Waals surface area contributed by atoms with E-state index in [2.05, 4.69) is 15.0 Å². The van der Waals surface area contributed by atoms with E-state index in [0.717, 1.165) is 22.3 Å². The largest absolute Gasteiger partial charge is 0.372 e. The Morgan fingerprint density at radius 1 is 1.43 bits per heavy atom. The van der Waals surface area contributed by atoms with Gasteiger partial charge in [0.2, 0.25) is 0 Å². The number of nitrogens with one attached hydrogen (secondary N) is 2. The average molecular weight is 348 g/mol. The third kappa shape index (κ3) is 3.49. The molecule has 2 rings (SSSR count). The Hall–Kier alpha value is -1.72. The molecule has 2 heterocycles. The van der Waals surface area contributed by atoms with Crippen molar-refractivity contribution in [3.63, 3.8) is 0 Å². The lowest BCUT2D eigenvalue weighted by molar-refractivity contribution is -0.383. The molecule has 0 spiro atoms. The molecule has 8 nitrogen and oxygen atoms in total. The van der Waals surface area contributed by atoms with Crippen molar-refractivity contribution in [3.8, 4) is 0 Å². The van der Waals surface area contributed by atoms with Crippen LogP contribution in [0.4, 0.5) is 15.8 Å². The first-order valence-electron chi connectivity index (χ1n) is 5.81. The molecule has 0 bridgehead atoms. The van der Waals surface area contributed by atoms with Crippen molar-refractivity contribution in [2.24, 2.45) is 0 Å². The molecule has 0 radical (unpaired) electrons. The number of nitrogens with zero attached hydrogens (tertiary/aromatic N) is 2. The Morgan fingerprint density at radius 2 is 2.14 bits per heavy atom. The first-order chi connectivity index (χ1) is 9.83. The molecule has 2 aromatic heterocycles. The lowest BCUT2D eigenvalue weighted by Gasteiger charge is -2.01. The lowest BCUT2D eigenvalue weighted by atomic mass is 10.5. The van der Waals surface area contributed by atoms with Gasteiger partial charge < -0.3 is 5.32 Å². The van der Waals surface area contributed by atoms with Gasteiger partial charge in [0, 0.05) is 23.7 Å². The second-order valence-corrected chi connectivity index (χ2v) is 8.15. The Balaban J connectivity index is 2.35. The molecule has 0 unspecified atom stereocenters. The predicted molar refractivity (Wildman–Crippen MR) is 82.8 cm³/mol. The predicted octanol–water partition coefficient (Wildman–Crippen LogP) is 2.65. The SMILES string of the molecule is CCNc1sc(S(=O)(=O)Nc2ncc(C)s2)cc1[N+](=O)[O-]. The number of thiazole rings is 1. The summed E-state index contributed by atoms with van der Waals surface area (Å²) >= 11 is 2.01. The van der Waals surface area contributed by atoms with Crippen LogP contribution in [0, 0.1) is 17.0 Å². The Bertz CT molecular complexity index is 765. The zero-order valence-electron chi connectivity index (χ0n) is 11.1. The van der Waals surface area contributed by atoms with Crippen LogP contribution in [0.1, 0.15) is 11.8 Å².